The first kappa shape index (κ1) is 15.1. The van der Waals surface area contributed by atoms with Crippen molar-refractivity contribution in [1.29, 1.82) is 0 Å². The molecule has 2 N–H and O–H groups in total. The van der Waals surface area contributed by atoms with E-state index in [-0.39, 0.29) is 12.6 Å². The maximum absolute atomic E-state index is 11.8. The van der Waals surface area contributed by atoms with Crippen LogP contribution in [0.25, 0.3) is 11.1 Å². The molecule has 112 valence electrons. The van der Waals surface area contributed by atoms with Gasteiger partial charge in [0.25, 0.3) is 0 Å². The minimum absolute atomic E-state index is 0.0413. The van der Waals surface area contributed by atoms with Gasteiger partial charge in [0.1, 0.15) is 0 Å². The Morgan fingerprint density at radius 2 is 2.24 bits per heavy atom. The van der Waals surface area contributed by atoms with Crippen LogP contribution in [0.5, 0.6) is 0 Å². The Bertz CT molecular complexity index is 609. The lowest BCUT2D eigenvalue weighted by atomic mass is 10.1. The van der Waals surface area contributed by atoms with Gasteiger partial charge in [-0.1, -0.05) is 18.2 Å². The quantitative estimate of drug-likeness (QED) is 0.869. The number of amides is 2. The largest absolute Gasteiger partial charge is 0.395 e. The number of carbonyl (C=O) groups is 1. The smallest absolute Gasteiger partial charge is 0.317 e. The normalized spacial score (nSPS) is 10.4. The van der Waals surface area contributed by atoms with Crippen LogP contribution >= 0.6 is 0 Å². The standard InChI is InChI=1S/C15H20N4O2/c1-18(6-7-20)15(21)16-9-12-4-3-5-13(8-12)14-10-17-19(2)11-14/h3-5,8,10-11,20H,6-7,9H2,1-2H3,(H,16,21). The van der Waals surface area contributed by atoms with Crippen molar-refractivity contribution in [3.63, 3.8) is 0 Å². The van der Waals surface area contributed by atoms with Gasteiger partial charge in [-0.25, -0.2) is 4.79 Å². The van der Waals surface area contributed by atoms with E-state index in [1.165, 1.54) is 4.90 Å². The van der Waals surface area contributed by atoms with Crippen molar-refractivity contribution >= 4 is 6.03 Å². The summed E-state index contributed by atoms with van der Waals surface area (Å²) in [6.45, 7) is 0.727. The molecule has 0 radical (unpaired) electrons. The van der Waals surface area contributed by atoms with Gasteiger partial charge in [-0.3, -0.25) is 4.68 Å². The van der Waals surface area contributed by atoms with Crippen LogP contribution in [0.1, 0.15) is 5.56 Å². The summed E-state index contributed by atoms with van der Waals surface area (Å²) in [6, 6.07) is 7.77. The second kappa shape index (κ2) is 6.90. The molecule has 1 aromatic carbocycles. The van der Waals surface area contributed by atoms with Gasteiger partial charge in [-0.2, -0.15) is 5.10 Å². The maximum Gasteiger partial charge on any atom is 0.317 e. The lowest BCUT2D eigenvalue weighted by Crippen LogP contribution is -2.38. The summed E-state index contributed by atoms with van der Waals surface area (Å²) in [5.41, 5.74) is 3.13. The second-order valence-electron chi connectivity index (χ2n) is 4.91. The van der Waals surface area contributed by atoms with E-state index >= 15 is 0 Å². The molecule has 0 unspecified atom stereocenters. The molecule has 0 saturated heterocycles. The molecular formula is C15H20N4O2. The Morgan fingerprint density at radius 3 is 2.90 bits per heavy atom. The number of aliphatic hydroxyl groups is 1. The fourth-order valence-corrected chi connectivity index (χ4v) is 2.00. The average Bonchev–Trinajstić information content (AvgIpc) is 2.92. The van der Waals surface area contributed by atoms with E-state index in [0.717, 1.165) is 16.7 Å². The fourth-order valence-electron chi connectivity index (χ4n) is 2.00. The SMILES string of the molecule is CN(CCO)C(=O)NCc1cccc(-c2cnn(C)c2)c1. The Balaban J connectivity index is 2.00. The molecule has 0 aliphatic rings. The third-order valence-corrected chi connectivity index (χ3v) is 3.19. The summed E-state index contributed by atoms with van der Waals surface area (Å²) in [4.78, 5) is 13.2. The minimum Gasteiger partial charge on any atom is -0.395 e. The number of nitrogens with zero attached hydrogens (tertiary/aromatic N) is 3. The highest BCUT2D eigenvalue weighted by Gasteiger charge is 2.07. The highest BCUT2D eigenvalue weighted by Crippen LogP contribution is 2.19. The number of likely N-dealkylation sites (N-methyl/N-ethyl adjacent to an activating group) is 1. The number of nitrogens with one attached hydrogen (secondary N) is 1. The van der Waals surface area contributed by atoms with Gasteiger partial charge in [-0.05, 0) is 17.2 Å². The van der Waals surface area contributed by atoms with Gasteiger partial charge in [-0.15, -0.1) is 0 Å². The average molecular weight is 288 g/mol. The van der Waals surface area contributed by atoms with Crippen molar-refractivity contribution in [3.05, 3.63) is 42.2 Å². The molecular weight excluding hydrogens is 268 g/mol. The van der Waals surface area contributed by atoms with E-state index in [1.807, 2.05) is 43.7 Å². The molecule has 0 aliphatic heterocycles. The highest BCUT2D eigenvalue weighted by atomic mass is 16.3. The molecule has 0 saturated carbocycles. The number of aromatic nitrogens is 2. The number of urea groups is 1. The lowest BCUT2D eigenvalue weighted by molar-refractivity contribution is 0.190. The van der Waals surface area contributed by atoms with E-state index in [2.05, 4.69) is 10.4 Å². The Labute approximate surface area is 124 Å². The van der Waals surface area contributed by atoms with Crippen LogP contribution in [0.2, 0.25) is 0 Å². The van der Waals surface area contributed by atoms with E-state index in [4.69, 9.17) is 5.11 Å². The predicted molar refractivity (Wildman–Crippen MR) is 80.6 cm³/mol. The first-order chi connectivity index (χ1) is 10.1. The van der Waals surface area contributed by atoms with Crippen LogP contribution in [0.3, 0.4) is 0 Å². The van der Waals surface area contributed by atoms with Gasteiger partial charge in [0.05, 0.1) is 12.8 Å². The van der Waals surface area contributed by atoms with Gasteiger partial charge >= 0.3 is 6.03 Å². The summed E-state index contributed by atoms with van der Waals surface area (Å²) in [7, 11) is 3.53. The van der Waals surface area contributed by atoms with Crippen molar-refractivity contribution in [2.24, 2.45) is 7.05 Å². The maximum atomic E-state index is 11.8. The second-order valence-corrected chi connectivity index (χ2v) is 4.91. The van der Waals surface area contributed by atoms with Crippen LogP contribution in [-0.2, 0) is 13.6 Å². The molecule has 0 fully saturated rings. The Morgan fingerprint density at radius 1 is 1.43 bits per heavy atom. The summed E-state index contributed by atoms with van der Waals surface area (Å²) >= 11 is 0. The van der Waals surface area contributed by atoms with Crippen LogP contribution in [0.15, 0.2) is 36.7 Å². The van der Waals surface area contributed by atoms with Gasteiger partial charge in [0.2, 0.25) is 0 Å². The zero-order valence-electron chi connectivity index (χ0n) is 12.3. The highest BCUT2D eigenvalue weighted by molar-refractivity contribution is 5.74. The summed E-state index contributed by atoms with van der Waals surface area (Å²) in [6.07, 6.45) is 3.76. The molecule has 1 heterocycles. The van der Waals surface area contributed by atoms with Crippen molar-refractivity contribution in [2.45, 2.75) is 6.54 Å². The topological polar surface area (TPSA) is 70.4 Å². The number of hydrogen-bond acceptors (Lipinski definition) is 3. The molecule has 0 atom stereocenters. The summed E-state index contributed by atoms with van der Waals surface area (Å²) in [5, 5.41) is 15.8. The molecule has 1 aromatic heterocycles. The van der Waals surface area contributed by atoms with Gasteiger partial charge in [0.15, 0.2) is 0 Å². The molecule has 21 heavy (non-hydrogen) atoms. The number of aryl methyl sites for hydroxylation is 1. The monoisotopic (exact) mass is 288 g/mol. The summed E-state index contributed by atoms with van der Waals surface area (Å²) < 4.78 is 1.76. The first-order valence-corrected chi connectivity index (χ1v) is 6.78. The fraction of sp³-hybridized carbons (Fsp3) is 0.333. The van der Waals surface area contributed by atoms with Crippen LogP contribution < -0.4 is 5.32 Å². The van der Waals surface area contributed by atoms with Gasteiger partial charge < -0.3 is 15.3 Å². The third-order valence-electron chi connectivity index (χ3n) is 3.19. The molecule has 2 rings (SSSR count). The van der Waals surface area contributed by atoms with Crippen molar-refractivity contribution in [2.75, 3.05) is 20.2 Å². The van der Waals surface area contributed by atoms with Crippen LogP contribution in [-0.4, -0.2) is 46.0 Å². The number of aliphatic hydroxyl groups excluding tert-OH is 1. The van der Waals surface area contributed by atoms with Gasteiger partial charge in [0, 0.05) is 38.9 Å². The molecule has 0 spiro atoms. The number of benzene rings is 1. The molecule has 2 amide bonds. The molecule has 0 bridgehead atoms. The minimum atomic E-state index is -0.198. The summed E-state index contributed by atoms with van der Waals surface area (Å²) in [5.74, 6) is 0. The lowest BCUT2D eigenvalue weighted by Gasteiger charge is -2.16. The van der Waals surface area contributed by atoms with Crippen LogP contribution in [0, 0.1) is 0 Å². The predicted octanol–water partition coefficient (Wildman–Crippen LogP) is 1.22. The van der Waals surface area contributed by atoms with Crippen molar-refractivity contribution in [1.82, 2.24) is 20.0 Å². The van der Waals surface area contributed by atoms with E-state index in [0.29, 0.717) is 13.1 Å². The Kier molecular flexibility index (Phi) is 4.94. The van der Waals surface area contributed by atoms with E-state index < -0.39 is 0 Å². The van der Waals surface area contributed by atoms with Crippen LogP contribution in [0.4, 0.5) is 4.79 Å². The molecule has 6 heteroatoms. The number of rotatable bonds is 5. The number of carbonyl (C=O) groups excluding carboxylic acids is 1. The van der Waals surface area contributed by atoms with E-state index in [1.54, 1.807) is 11.7 Å². The zero-order chi connectivity index (χ0) is 15.2. The third kappa shape index (κ3) is 4.06. The number of hydrogen-bond donors (Lipinski definition) is 2. The molecule has 0 aliphatic carbocycles. The van der Waals surface area contributed by atoms with Crippen molar-refractivity contribution < 1.29 is 9.90 Å². The zero-order valence-corrected chi connectivity index (χ0v) is 12.3. The van der Waals surface area contributed by atoms with Crippen molar-refractivity contribution in [3.8, 4) is 11.1 Å². The Hall–Kier alpha value is -2.34. The first-order valence-electron chi connectivity index (χ1n) is 6.78. The molecule has 6 nitrogen and oxygen atoms in total. The molecule has 2 aromatic rings. The van der Waals surface area contributed by atoms with E-state index in [9.17, 15) is 4.79 Å².